The highest BCUT2D eigenvalue weighted by Crippen LogP contribution is 1.92. The third kappa shape index (κ3) is 7.62. The van der Waals surface area contributed by atoms with Crippen LogP contribution in [0.2, 0.25) is 0 Å². The van der Waals surface area contributed by atoms with E-state index in [-0.39, 0.29) is 18.2 Å². The van der Waals surface area contributed by atoms with Gasteiger partial charge in [-0.1, -0.05) is 0 Å². The number of rotatable bonds is 5. The Balaban J connectivity index is 0. The minimum absolute atomic E-state index is 0. The number of aliphatic hydroxyl groups is 1. The maximum Gasteiger partial charge on any atom is 0.373 e. The predicted molar refractivity (Wildman–Crippen MR) is 53.1 cm³/mol. The molecular formula is C8H16ClNO3. The molecule has 0 fully saturated rings. The van der Waals surface area contributed by atoms with E-state index < -0.39 is 5.97 Å². The summed E-state index contributed by atoms with van der Waals surface area (Å²) in [7, 11) is 1.82. The van der Waals surface area contributed by atoms with Crippen LogP contribution in [0.3, 0.4) is 0 Å². The molecule has 0 atom stereocenters. The number of carbonyl (C=O) groups is 1. The lowest BCUT2D eigenvalue weighted by Crippen LogP contribution is -2.14. The molecule has 0 radical (unpaired) electrons. The van der Waals surface area contributed by atoms with Crippen molar-refractivity contribution in [2.45, 2.75) is 13.3 Å². The number of nitrogens with one attached hydrogen (secondary N) is 1. The van der Waals surface area contributed by atoms with Crippen molar-refractivity contribution in [2.24, 2.45) is 0 Å². The van der Waals surface area contributed by atoms with Gasteiger partial charge in [-0.3, -0.25) is 0 Å². The van der Waals surface area contributed by atoms with Gasteiger partial charge in [-0.2, -0.15) is 0 Å². The van der Waals surface area contributed by atoms with Gasteiger partial charge in [0.25, 0.3) is 0 Å². The fraction of sp³-hybridized carbons (Fsp3) is 0.625. The van der Waals surface area contributed by atoms with Gasteiger partial charge in [-0.05, 0) is 33.0 Å². The smallest absolute Gasteiger partial charge is 0.373 e. The van der Waals surface area contributed by atoms with Gasteiger partial charge in [-0.25, -0.2) is 4.79 Å². The number of hydrogen-bond acceptors (Lipinski definition) is 4. The van der Waals surface area contributed by atoms with Gasteiger partial charge in [0, 0.05) is 0 Å². The molecule has 0 bridgehead atoms. The summed E-state index contributed by atoms with van der Waals surface area (Å²) >= 11 is 0. The van der Waals surface area contributed by atoms with Crippen molar-refractivity contribution >= 4 is 18.4 Å². The highest BCUT2D eigenvalue weighted by Gasteiger charge is 2.05. The van der Waals surface area contributed by atoms with Crippen LogP contribution in [-0.2, 0) is 9.53 Å². The van der Waals surface area contributed by atoms with E-state index in [2.05, 4.69) is 5.32 Å². The first-order chi connectivity index (χ1) is 5.72. The summed E-state index contributed by atoms with van der Waals surface area (Å²) in [6, 6.07) is 0. The van der Waals surface area contributed by atoms with Crippen LogP contribution in [0.1, 0.15) is 13.3 Å². The van der Waals surface area contributed by atoms with E-state index in [1.807, 2.05) is 7.05 Å². The Morgan fingerprint density at radius 2 is 2.23 bits per heavy atom. The van der Waals surface area contributed by atoms with E-state index in [0.29, 0.717) is 6.61 Å². The number of aliphatic hydroxyl groups excluding tert-OH is 1. The van der Waals surface area contributed by atoms with Crippen LogP contribution in [0, 0.1) is 0 Å². The lowest BCUT2D eigenvalue weighted by atomic mass is 10.4. The summed E-state index contributed by atoms with van der Waals surface area (Å²) in [6.07, 6.45) is 2.06. The van der Waals surface area contributed by atoms with Crippen molar-refractivity contribution in [3.63, 3.8) is 0 Å². The van der Waals surface area contributed by atoms with Crippen LogP contribution in [0.5, 0.6) is 0 Å². The Morgan fingerprint density at radius 3 is 2.69 bits per heavy atom. The van der Waals surface area contributed by atoms with Crippen molar-refractivity contribution in [1.82, 2.24) is 5.32 Å². The zero-order valence-electron chi connectivity index (χ0n) is 7.87. The molecule has 0 saturated heterocycles. The fourth-order valence-electron chi connectivity index (χ4n) is 0.606. The van der Waals surface area contributed by atoms with Crippen molar-refractivity contribution in [2.75, 3.05) is 20.2 Å². The quantitative estimate of drug-likeness (QED) is 0.307. The summed E-state index contributed by atoms with van der Waals surface area (Å²) in [5, 5.41) is 11.8. The topological polar surface area (TPSA) is 58.6 Å². The van der Waals surface area contributed by atoms with Gasteiger partial charge >= 0.3 is 5.97 Å². The molecule has 13 heavy (non-hydrogen) atoms. The Morgan fingerprint density at radius 1 is 1.62 bits per heavy atom. The largest absolute Gasteiger partial charge is 0.502 e. The number of carbonyl (C=O) groups excluding carboxylic acids is 1. The molecule has 0 aromatic heterocycles. The minimum Gasteiger partial charge on any atom is -0.502 e. The molecular weight excluding hydrogens is 194 g/mol. The lowest BCUT2D eigenvalue weighted by molar-refractivity contribution is -0.142. The molecule has 0 unspecified atom stereocenters. The molecule has 0 aromatic carbocycles. The van der Waals surface area contributed by atoms with Gasteiger partial charge in [0.1, 0.15) is 0 Å². The lowest BCUT2D eigenvalue weighted by Gasteiger charge is -2.02. The molecule has 0 aliphatic rings. The van der Waals surface area contributed by atoms with Gasteiger partial charge in [0.05, 0.1) is 6.61 Å². The van der Waals surface area contributed by atoms with Gasteiger partial charge in [-0.15, -0.1) is 12.4 Å². The average molecular weight is 210 g/mol. The fourth-order valence-corrected chi connectivity index (χ4v) is 0.606. The van der Waals surface area contributed by atoms with E-state index in [9.17, 15) is 4.79 Å². The van der Waals surface area contributed by atoms with E-state index >= 15 is 0 Å². The van der Waals surface area contributed by atoms with Crippen LogP contribution < -0.4 is 5.32 Å². The van der Waals surface area contributed by atoms with Crippen LogP contribution >= 0.6 is 12.4 Å². The second-order valence-corrected chi connectivity index (χ2v) is 2.27. The van der Waals surface area contributed by atoms with Crippen LogP contribution in [0.4, 0.5) is 0 Å². The van der Waals surface area contributed by atoms with Crippen LogP contribution in [0.25, 0.3) is 0 Å². The van der Waals surface area contributed by atoms with Crippen LogP contribution in [0.15, 0.2) is 11.8 Å². The monoisotopic (exact) mass is 209 g/mol. The molecule has 0 aliphatic heterocycles. The summed E-state index contributed by atoms with van der Waals surface area (Å²) < 4.78 is 4.70. The Kier molecular flexibility index (Phi) is 10.6. The normalized spacial score (nSPS) is 10.5. The maximum atomic E-state index is 10.8. The van der Waals surface area contributed by atoms with E-state index in [4.69, 9.17) is 9.84 Å². The van der Waals surface area contributed by atoms with Crippen molar-refractivity contribution in [3.8, 4) is 0 Å². The van der Waals surface area contributed by atoms with Gasteiger partial charge in [0.15, 0.2) is 5.76 Å². The Bertz CT molecular complexity index is 171. The maximum absolute atomic E-state index is 10.8. The first-order valence-electron chi connectivity index (χ1n) is 3.89. The molecule has 0 aromatic rings. The molecule has 5 heteroatoms. The van der Waals surface area contributed by atoms with E-state index in [1.54, 1.807) is 6.92 Å². The van der Waals surface area contributed by atoms with Crippen molar-refractivity contribution < 1.29 is 14.6 Å². The third-order valence-electron chi connectivity index (χ3n) is 1.29. The summed E-state index contributed by atoms with van der Waals surface area (Å²) in [6.45, 7) is 2.70. The standard InChI is InChI=1S/C8H15NO3.ClH/c1-3-7(10)8(11)12-6-4-5-9-2;/h3,9-10H,4-6H2,1-2H3;1H. The highest BCUT2D eigenvalue weighted by molar-refractivity contribution is 5.85. The average Bonchev–Trinajstić information content (AvgIpc) is 2.10. The van der Waals surface area contributed by atoms with Gasteiger partial charge in [0.2, 0.25) is 0 Å². The Hall–Kier alpha value is -0.740. The van der Waals surface area contributed by atoms with Crippen molar-refractivity contribution in [1.29, 1.82) is 0 Å². The van der Waals surface area contributed by atoms with Gasteiger partial charge < -0.3 is 15.2 Å². The number of allylic oxidation sites excluding steroid dienone is 1. The molecule has 0 saturated carbocycles. The molecule has 0 rings (SSSR count). The summed E-state index contributed by atoms with van der Waals surface area (Å²) in [4.78, 5) is 10.8. The zero-order chi connectivity index (χ0) is 9.40. The molecule has 4 nitrogen and oxygen atoms in total. The second kappa shape index (κ2) is 9.35. The molecule has 78 valence electrons. The number of hydrogen-bond donors (Lipinski definition) is 2. The molecule has 0 spiro atoms. The highest BCUT2D eigenvalue weighted by atomic mass is 35.5. The number of ether oxygens (including phenoxy) is 1. The molecule has 0 aliphatic carbocycles. The number of esters is 1. The minimum atomic E-state index is -0.659. The SMILES string of the molecule is CC=C(O)C(=O)OCCCNC.Cl. The van der Waals surface area contributed by atoms with Crippen LogP contribution in [-0.4, -0.2) is 31.3 Å². The zero-order valence-corrected chi connectivity index (χ0v) is 8.69. The first-order valence-corrected chi connectivity index (χ1v) is 3.89. The first kappa shape index (κ1) is 14.8. The summed E-state index contributed by atoms with van der Waals surface area (Å²) in [5.74, 6) is -0.993. The third-order valence-corrected chi connectivity index (χ3v) is 1.29. The molecule has 0 heterocycles. The van der Waals surface area contributed by atoms with Crippen molar-refractivity contribution in [3.05, 3.63) is 11.8 Å². The molecule has 2 N–H and O–H groups in total. The second-order valence-electron chi connectivity index (χ2n) is 2.27. The predicted octanol–water partition coefficient (Wildman–Crippen LogP) is 1.02. The number of halogens is 1. The Labute approximate surface area is 84.4 Å². The molecule has 0 amide bonds. The van der Waals surface area contributed by atoms with E-state index in [1.165, 1.54) is 6.08 Å². The van der Waals surface area contributed by atoms with E-state index in [0.717, 1.165) is 13.0 Å². The summed E-state index contributed by atoms with van der Waals surface area (Å²) in [5.41, 5.74) is 0.